The monoisotopic (exact) mass is 436 g/mol. The molecule has 1 amide bonds. The van der Waals surface area contributed by atoms with Crippen molar-refractivity contribution in [2.24, 2.45) is 4.99 Å². The molecule has 4 heterocycles. The molecular formula is C23H22F2N6O. The third kappa shape index (κ3) is 3.16. The quantitative estimate of drug-likeness (QED) is 0.626. The molecule has 2 aliphatic heterocycles. The number of amides is 1. The van der Waals surface area contributed by atoms with Crippen LogP contribution in [0.4, 0.5) is 14.6 Å². The van der Waals surface area contributed by atoms with Gasteiger partial charge in [0.25, 0.3) is 5.91 Å². The van der Waals surface area contributed by atoms with Gasteiger partial charge < -0.3 is 4.57 Å². The number of carbonyl (C=O) groups is 1. The van der Waals surface area contributed by atoms with Gasteiger partial charge in [-0.1, -0.05) is 6.07 Å². The first-order valence-corrected chi connectivity index (χ1v) is 10.4. The van der Waals surface area contributed by atoms with Crippen LogP contribution >= 0.6 is 0 Å². The fraction of sp³-hybridized carbons (Fsp3) is 0.304. The maximum Gasteiger partial charge on any atom is 0.283 e. The van der Waals surface area contributed by atoms with Crippen LogP contribution in [0.1, 0.15) is 36.8 Å². The van der Waals surface area contributed by atoms with Crippen LogP contribution in [0.2, 0.25) is 0 Å². The van der Waals surface area contributed by atoms with E-state index in [0.29, 0.717) is 36.3 Å². The summed E-state index contributed by atoms with van der Waals surface area (Å²) in [4.78, 5) is 30.5. The number of halogens is 2. The number of imidazole rings is 1. The smallest absolute Gasteiger partial charge is 0.283 e. The Hall–Kier alpha value is -3.62. The van der Waals surface area contributed by atoms with E-state index in [0.717, 1.165) is 11.6 Å². The molecule has 5 rings (SSSR count). The fourth-order valence-corrected chi connectivity index (χ4v) is 4.26. The van der Waals surface area contributed by atoms with Gasteiger partial charge in [-0.05, 0) is 39.0 Å². The maximum atomic E-state index is 14.6. The second-order valence-electron chi connectivity index (χ2n) is 8.53. The molecule has 0 bridgehead atoms. The summed E-state index contributed by atoms with van der Waals surface area (Å²) in [6, 6.07) is 7.08. The van der Waals surface area contributed by atoms with Crippen molar-refractivity contribution in [2.45, 2.75) is 32.9 Å². The molecule has 9 heteroatoms. The first kappa shape index (κ1) is 20.3. The van der Waals surface area contributed by atoms with E-state index >= 15 is 0 Å². The number of nitrogens with zero attached hydrogens (tertiary/aromatic N) is 6. The second kappa shape index (κ2) is 7.22. The molecule has 0 saturated heterocycles. The van der Waals surface area contributed by atoms with E-state index < -0.39 is 17.2 Å². The second-order valence-corrected chi connectivity index (χ2v) is 8.53. The van der Waals surface area contributed by atoms with Gasteiger partial charge in [0.05, 0.1) is 18.6 Å². The van der Waals surface area contributed by atoms with E-state index in [9.17, 15) is 13.6 Å². The number of rotatable bonds is 4. The number of guanidine groups is 1. The summed E-state index contributed by atoms with van der Waals surface area (Å²) in [5.41, 5.74) is 0.921. The van der Waals surface area contributed by atoms with Crippen LogP contribution in [0.3, 0.4) is 0 Å². The van der Waals surface area contributed by atoms with Crippen molar-refractivity contribution in [2.75, 3.05) is 18.0 Å². The molecular weight excluding hydrogens is 414 g/mol. The Kier molecular flexibility index (Phi) is 4.58. The van der Waals surface area contributed by atoms with E-state index in [1.807, 2.05) is 30.2 Å². The van der Waals surface area contributed by atoms with Gasteiger partial charge in [0.15, 0.2) is 5.69 Å². The number of pyridine rings is 1. The van der Waals surface area contributed by atoms with Gasteiger partial charge in [-0.3, -0.25) is 19.6 Å². The molecule has 3 aromatic rings. The predicted octanol–water partition coefficient (Wildman–Crippen LogP) is 3.70. The average molecular weight is 436 g/mol. The minimum atomic E-state index is -0.652. The zero-order chi connectivity index (χ0) is 22.6. The zero-order valence-corrected chi connectivity index (χ0v) is 18.0. The summed E-state index contributed by atoms with van der Waals surface area (Å²) in [6.07, 6.45) is 3.27. The van der Waals surface area contributed by atoms with E-state index in [2.05, 4.69) is 4.98 Å². The summed E-state index contributed by atoms with van der Waals surface area (Å²) in [7, 11) is 0. The Balaban J connectivity index is 1.74. The first-order valence-electron chi connectivity index (χ1n) is 10.4. The number of benzene rings is 1. The van der Waals surface area contributed by atoms with E-state index in [1.54, 1.807) is 29.4 Å². The van der Waals surface area contributed by atoms with Gasteiger partial charge in [-0.15, -0.1) is 0 Å². The molecule has 2 aromatic heterocycles. The molecule has 2 aliphatic rings. The van der Waals surface area contributed by atoms with Gasteiger partial charge in [-0.2, -0.15) is 0 Å². The molecule has 1 aromatic carbocycles. The Labute approximate surface area is 184 Å². The van der Waals surface area contributed by atoms with Crippen LogP contribution < -0.4 is 4.90 Å². The average Bonchev–Trinajstić information content (AvgIpc) is 3.28. The van der Waals surface area contributed by atoms with Crippen molar-refractivity contribution in [1.82, 2.24) is 19.4 Å². The lowest BCUT2D eigenvalue weighted by Crippen LogP contribution is -2.51. The van der Waals surface area contributed by atoms with E-state index in [-0.39, 0.29) is 18.1 Å². The van der Waals surface area contributed by atoms with Gasteiger partial charge >= 0.3 is 0 Å². The van der Waals surface area contributed by atoms with Crippen LogP contribution in [-0.2, 0) is 6.54 Å². The molecule has 0 spiro atoms. The van der Waals surface area contributed by atoms with Crippen LogP contribution in [0.15, 0.2) is 47.7 Å². The number of hydrogen-bond acceptors (Lipinski definition) is 5. The van der Waals surface area contributed by atoms with Gasteiger partial charge in [-0.25, -0.2) is 18.8 Å². The topological polar surface area (TPSA) is 66.6 Å². The molecule has 0 unspecified atom stereocenters. The van der Waals surface area contributed by atoms with Crippen LogP contribution in [-0.4, -0.2) is 49.9 Å². The molecule has 0 fully saturated rings. The van der Waals surface area contributed by atoms with Crippen molar-refractivity contribution in [3.05, 3.63) is 65.6 Å². The summed E-state index contributed by atoms with van der Waals surface area (Å²) < 4.78 is 29.9. The number of fused-ring (bicyclic) bond motifs is 3. The minimum Gasteiger partial charge on any atom is -0.305 e. The molecule has 32 heavy (non-hydrogen) atoms. The molecule has 0 atom stereocenters. The summed E-state index contributed by atoms with van der Waals surface area (Å²) in [5.74, 6) is 0.107. The fourth-order valence-electron chi connectivity index (χ4n) is 4.26. The van der Waals surface area contributed by atoms with Gasteiger partial charge in [0, 0.05) is 36.1 Å². The Morgan fingerprint density at radius 2 is 1.88 bits per heavy atom. The molecule has 0 aliphatic carbocycles. The minimum absolute atomic E-state index is 0.0791. The van der Waals surface area contributed by atoms with Gasteiger partial charge in [0.1, 0.15) is 23.3 Å². The summed E-state index contributed by atoms with van der Waals surface area (Å²) in [6.45, 7) is 6.97. The standard InChI is InChI=1S/C23H22F2N6O/c1-4-29-21(32)18-20(31-13-23(2,3)28-22(29)31)30(12-15-5-6-16(24)11-17(15)25)19(27-18)14-7-9-26-10-8-14/h5-11H,4,12-13H2,1-3H3. The third-order valence-electron chi connectivity index (χ3n) is 5.67. The highest BCUT2D eigenvalue weighted by molar-refractivity contribution is 6.18. The van der Waals surface area contributed by atoms with Crippen molar-refractivity contribution < 1.29 is 13.6 Å². The third-order valence-corrected chi connectivity index (χ3v) is 5.67. The lowest BCUT2D eigenvalue weighted by molar-refractivity contribution is 0.0841. The SMILES string of the molecule is CCN1C(=O)c2nc(-c3ccncc3)n(Cc3ccc(F)cc3F)c2N2CC(C)(C)N=C12. The highest BCUT2D eigenvalue weighted by Crippen LogP contribution is 2.38. The highest BCUT2D eigenvalue weighted by Gasteiger charge is 2.45. The van der Waals surface area contributed by atoms with Crippen molar-refractivity contribution in [3.63, 3.8) is 0 Å². The Morgan fingerprint density at radius 1 is 1.12 bits per heavy atom. The summed E-state index contributed by atoms with van der Waals surface area (Å²) in [5, 5.41) is 0. The normalized spacial score (nSPS) is 16.8. The van der Waals surface area contributed by atoms with Gasteiger partial charge in [0.2, 0.25) is 5.96 Å². The lowest BCUT2D eigenvalue weighted by Gasteiger charge is -2.34. The number of carbonyl (C=O) groups excluding carboxylic acids is 1. The number of aromatic nitrogens is 3. The first-order chi connectivity index (χ1) is 15.3. The molecule has 0 radical (unpaired) electrons. The maximum absolute atomic E-state index is 14.6. The lowest BCUT2D eigenvalue weighted by atomic mass is 10.1. The van der Waals surface area contributed by atoms with E-state index in [1.165, 1.54) is 12.1 Å². The Morgan fingerprint density at radius 3 is 2.56 bits per heavy atom. The molecule has 0 N–H and O–H groups in total. The Bertz CT molecular complexity index is 1250. The highest BCUT2D eigenvalue weighted by atomic mass is 19.1. The predicted molar refractivity (Wildman–Crippen MR) is 116 cm³/mol. The molecule has 0 saturated carbocycles. The molecule has 7 nitrogen and oxygen atoms in total. The van der Waals surface area contributed by atoms with Crippen LogP contribution in [0.5, 0.6) is 0 Å². The number of aliphatic imine (C=N–C) groups is 1. The summed E-state index contributed by atoms with van der Waals surface area (Å²) >= 11 is 0. The number of hydrogen-bond donors (Lipinski definition) is 0. The number of anilines is 1. The zero-order valence-electron chi connectivity index (χ0n) is 18.0. The van der Waals surface area contributed by atoms with Crippen molar-refractivity contribution in [1.29, 1.82) is 0 Å². The van der Waals surface area contributed by atoms with Crippen molar-refractivity contribution >= 4 is 17.7 Å². The van der Waals surface area contributed by atoms with Crippen molar-refractivity contribution in [3.8, 4) is 11.4 Å². The van der Waals surface area contributed by atoms with Crippen LogP contribution in [0.25, 0.3) is 11.4 Å². The van der Waals surface area contributed by atoms with Crippen LogP contribution in [0, 0.1) is 11.6 Å². The van der Waals surface area contributed by atoms with E-state index in [4.69, 9.17) is 9.98 Å². The largest absolute Gasteiger partial charge is 0.305 e. The molecule has 164 valence electrons.